The predicted octanol–water partition coefficient (Wildman–Crippen LogP) is 3.10. The highest BCUT2D eigenvalue weighted by Gasteiger charge is 2.37. The number of hydrogen-bond donors (Lipinski definition) is 1. The van der Waals surface area contributed by atoms with Gasteiger partial charge in [0.05, 0.1) is 12.3 Å². The van der Waals surface area contributed by atoms with Crippen LogP contribution < -0.4 is 10.4 Å². The van der Waals surface area contributed by atoms with Gasteiger partial charge in [0.2, 0.25) is 5.91 Å². The smallest absolute Gasteiger partial charge is 0.348 e. The number of nitrogens with zero attached hydrogens (tertiary/aromatic N) is 3. The first-order valence-corrected chi connectivity index (χ1v) is 11.6. The fourth-order valence-corrected chi connectivity index (χ4v) is 4.99. The second kappa shape index (κ2) is 7.86. The molecule has 1 unspecified atom stereocenters. The van der Waals surface area contributed by atoms with Gasteiger partial charge < -0.3 is 9.64 Å². The summed E-state index contributed by atoms with van der Waals surface area (Å²) >= 11 is 0. The Morgan fingerprint density at radius 3 is 2.79 bits per heavy atom. The third kappa shape index (κ3) is 3.73. The van der Waals surface area contributed by atoms with Crippen LogP contribution in [0.2, 0.25) is 0 Å². The number of amides is 1. The third-order valence-corrected chi connectivity index (χ3v) is 6.95. The van der Waals surface area contributed by atoms with E-state index >= 15 is 4.39 Å². The van der Waals surface area contributed by atoms with Crippen LogP contribution in [0, 0.1) is 17.7 Å². The number of carbonyl (C=O) groups is 1. The zero-order valence-corrected chi connectivity index (χ0v) is 18.2. The second-order valence-corrected chi connectivity index (χ2v) is 9.28. The first-order chi connectivity index (χ1) is 16.1. The molecule has 1 saturated heterocycles. The fraction of sp³-hybridized carbons (Fsp3) is 0.400. The van der Waals surface area contributed by atoms with E-state index in [4.69, 9.17) is 4.74 Å². The fourth-order valence-electron chi connectivity index (χ4n) is 4.99. The van der Waals surface area contributed by atoms with Gasteiger partial charge in [0, 0.05) is 31.8 Å². The molecule has 1 saturated carbocycles. The molecule has 170 valence electrons. The van der Waals surface area contributed by atoms with Gasteiger partial charge in [-0.15, -0.1) is 0 Å². The number of halogens is 1. The van der Waals surface area contributed by atoms with E-state index in [1.165, 1.54) is 10.6 Å². The number of rotatable bonds is 5. The topological polar surface area (TPSA) is 80.2 Å². The van der Waals surface area contributed by atoms with Gasteiger partial charge in [0.1, 0.15) is 17.4 Å². The number of likely N-dealkylation sites (tertiary alicyclic amines) is 1. The first kappa shape index (κ1) is 20.2. The minimum atomic E-state index is -0.481. The van der Waals surface area contributed by atoms with Crippen molar-refractivity contribution in [2.45, 2.75) is 32.1 Å². The predicted molar refractivity (Wildman–Crippen MR) is 120 cm³/mol. The van der Waals surface area contributed by atoms with Crippen molar-refractivity contribution in [1.82, 2.24) is 19.7 Å². The van der Waals surface area contributed by atoms with Crippen LogP contribution in [0.3, 0.4) is 0 Å². The van der Waals surface area contributed by atoms with E-state index in [1.54, 1.807) is 6.07 Å². The summed E-state index contributed by atoms with van der Waals surface area (Å²) in [5.41, 5.74) is 2.50. The number of nitrogens with one attached hydrogen (secondary N) is 1. The van der Waals surface area contributed by atoms with E-state index in [9.17, 15) is 9.59 Å². The number of hydrogen-bond acceptors (Lipinski definition) is 4. The molecule has 0 spiro atoms. The zero-order chi connectivity index (χ0) is 22.5. The van der Waals surface area contributed by atoms with Crippen LogP contribution in [0.1, 0.15) is 30.7 Å². The van der Waals surface area contributed by atoms with Gasteiger partial charge in [-0.25, -0.2) is 18.9 Å². The monoisotopic (exact) mass is 448 g/mol. The van der Waals surface area contributed by atoms with Gasteiger partial charge in [-0.1, -0.05) is 12.1 Å². The van der Waals surface area contributed by atoms with Crippen LogP contribution in [0.25, 0.3) is 16.8 Å². The van der Waals surface area contributed by atoms with Gasteiger partial charge in [0.15, 0.2) is 0 Å². The number of ether oxygens (including phenoxy) is 1. The summed E-state index contributed by atoms with van der Waals surface area (Å²) in [4.78, 5) is 26.8. The molecule has 33 heavy (non-hydrogen) atoms. The Bertz CT molecular complexity index is 1290. The molecule has 3 aromatic rings. The van der Waals surface area contributed by atoms with E-state index in [0.717, 1.165) is 54.7 Å². The molecule has 3 heterocycles. The molecule has 3 aliphatic rings. The molecular weight excluding hydrogens is 423 g/mol. The first-order valence-electron chi connectivity index (χ1n) is 11.6. The Morgan fingerprint density at radius 2 is 1.97 bits per heavy atom. The molecule has 8 heteroatoms. The van der Waals surface area contributed by atoms with Crippen molar-refractivity contribution in [3.63, 3.8) is 0 Å². The van der Waals surface area contributed by atoms with Gasteiger partial charge in [-0.3, -0.25) is 4.79 Å². The van der Waals surface area contributed by atoms with Gasteiger partial charge in [-0.05, 0) is 66.1 Å². The van der Waals surface area contributed by atoms with Crippen LogP contribution in [0.4, 0.5) is 4.39 Å². The lowest BCUT2D eigenvalue weighted by Crippen LogP contribution is -2.30. The van der Waals surface area contributed by atoms with Crippen molar-refractivity contribution in [1.29, 1.82) is 0 Å². The molecule has 6 rings (SSSR count). The highest BCUT2D eigenvalue weighted by atomic mass is 19.1. The van der Waals surface area contributed by atoms with E-state index in [-0.39, 0.29) is 23.4 Å². The number of H-pyrrole nitrogens is 1. The summed E-state index contributed by atoms with van der Waals surface area (Å²) in [6.07, 6.45) is 4.21. The molecule has 2 fully saturated rings. The molecule has 1 atom stereocenters. The van der Waals surface area contributed by atoms with E-state index < -0.39 is 11.5 Å². The lowest BCUT2D eigenvalue weighted by Gasteiger charge is -2.16. The Hall–Kier alpha value is -3.42. The SMILES string of the molecule is O=C(C1CC1)N1CCC(Cc2n[nH]c(=O)n2-c2ccc(-c3ccc4c(c3)CCO4)cc2F)C1. The Kier molecular flexibility index (Phi) is 4.81. The minimum Gasteiger partial charge on any atom is -0.493 e. The van der Waals surface area contributed by atoms with E-state index in [1.807, 2.05) is 29.2 Å². The molecule has 0 bridgehead atoms. The van der Waals surface area contributed by atoms with Gasteiger partial charge >= 0.3 is 5.69 Å². The van der Waals surface area contributed by atoms with Crippen molar-refractivity contribution < 1.29 is 13.9 Å². The molecule has 7 nitrogen and oxygen atoms in total. The third-order valence-electron chi connectivity index (χ3n) is 6.95. The average molecular weight is 448 g/mol. The van der Waals surface area contributed by atoms with Gasteiger partial charge in [-0.2, -0.15) is 5.10 Å². The summed E-state index contributed by atoms with van der Waals surface area (Å²) in [5, 5.41) is 6.65. The average Bonchev–Trinajstić information content (AvgIpc) is 3.21. The summed E-state index contributed by atoms with van der Waals surface area (Å²) in [5.74, 6) is 1.56. The van der Waals surface area contributed by atoms with Crippen molar-refractivity contribution in [3.8, 4) is 22.6 Å². The maximum absolute atomic E-state index is 15.2. The highest BCUT2D eigenvalue weighted by molar-refractivity contribution is 5.81. The Labute approximate surface area is 190 Å². The van der Waals surface area contributed by atoms with E-state index in [0.29, 0.717) is 25.4 Å². The normalized spacial score (nSPS) is 19.5. The lowest BCUT2D eigenvalue weighted by molar-refractivity contribution is -0.131. The number of aromatic nitrogens is 3. The molecule has 1 N–H and O–H groups in total. The van der Waals surface area contributed by atoms with Crippen molar-refractivity contribution in [3.05, 3.63) is 64.1 Å². The number of aromatic amines is 1. The van der Waals surface area contributed by atoms with Crippen LogP contribution in [0.5, 0.6) is 5.75 Å². The van der Waals surface area contributed by atoms with Crippen molar-refractivity contribution >= 4 is 5.91 Å². The highest BCUT2D eigenvalue weighted by Crippen LogP contribution is 2.34. The lowest BCUT2D eigenvalue weighted by atomic mass is 10.0. The van der Waals surface area contributed by atoms with Crippen LogP contribution in [-0.4, -0.2) is 45.3 Å². The van der Waals surface area contributed by atoms with Gasteiger partial charge in [0.25, 0.3) is 0 Å². The largest absolute Gasteiger partial charge is 0.493 e. The zero-order valence-electron chi connectivity index (χ0n) is 18.2. The number of fused-ring (bicyclic) bond motifs is 1. The second-order valence-electron chi connectivity index (χ2n) is 9.28. The quantitative estimate of drug-likeness (QED) is 0.651. The van der Waals surface area contributed by atoms with Crippen LogP contribution >= 0.6 is 0 Å². The van der Waals surface area contributed by atoms with Crippen LogP contribution in [-0.2, 0) is 17.6 Å². The van der Waals surface area contributed by atoms with E-state index in [2.05, 4.69) is 10.2 Å². The Morgan fingerprint density at radius 1 is 1.15 bits per heavy atom. The molecular formula is C25H25FN4O3. The maximum atomic E-state index is 15.2. The summed E-state index contributed by atoms with van der Waals surface area (Å²) in [6.45, 7) is 2.08. The standard InChI is InChI=1S/C25H25FN4O3/c26-20-13-18(17-4-6-22-19(12-17)8-10-33-22)3-5-21(20)30-23(27-28-25(30)32)11-15-7-9-29(14-15)24(31)16-1-2-16/h3-6,12-13,15-16H,1-2,7-11,14H2,(H,28,32). The summed E-state index contributed by atoms with van der Waals surface area (Å²) in [6, 6.07) is 10.8. The summed E-state index contributed by atoms with van der Waals surface area (Å²) < 4.78 is 22.1. The molecule has 1 amide bonds. The molecule has 1 aromatic heterocycles. The molecule has 1 aliphatic carbocycles. The van der Waals surface area contributed by atoms with Crippen molar-refractivity contribution in [2.75, 3.05) is 19.7 Å². The molecule has 2 aromatic carbocycles. The Balaban J connectivity index is 1.24. The number of benzene rings is 2. The number of carbonyl (C=O) groups excluding carboxylic acids is 1. The molecule has 0 radical (unpaired) electrons. The maximum Gasteiger partial charge on any atom is 0.348 e. The summed E-state index contributed by atoms with van der Waals surface area (Å²) in [7, 11) is 0. The molecule has 2 aliphatic heterocycles. The van der Waals surface area contributed by atoms with Crippen molar-refractivity contribution in [2.24, 2.45) is 11.8 Å². The minimum absolute atomic E-state index is 0.181. The van der Waals surface area contributed by atoms with Crippen LogP contribution in [0.15, 0.2) is 41.2 Å².